The van der Waals surface area contributed by atoms with Crippen LogP contribution in [0.15, 0.2) is 179 Å². The molecule has 494 valence electrons. The van der Waals surface area contributed by atoms with E-state index < -0.39 is 51.4 Å². The average Bonchev–Trinajstić information content (AvgIpc) is 1.50. The molecule has 11 aromatic rings. The molecule has 2 atom stereocenters. The fraction of sp³-hybridized carbons (Fsp3) is 0.265. The molecular weight excluding hydrogens is 1270 g/mol. The van der Waals surface area contributed by atoms with Crippen LogP contribution in [0.3, 0.4) is 0 Å². The van der Waals surface area contributed by atoms with Crippen LogP contribution < -0.4 is 16.0 Å². The van der Waals surface area contributed by atoms with Crippen molar-refractivity contribution in [3.05, 3.63) is 193 Å². The second-order valence-corrected chi connectivity index (χ2v) is 30.6. The summed E-state index contributed by atoms with van der Waals surface area (Å²) in [5, 5.41) is 17.3. The maximum Gasteiger partial charge on any atom is 0.255 e. The molecule has 1 saturated heterocycles. The quantitative estimate of drug-likeness (QED) is 0.0373. The molecule has 27 heteroatoms. The summed E-state index contributed by atoms with van der Waals surface area (Å²) in [5.41, 5.74) is 9.23. The number of nitrogens with zero attached hydrogens (tertiary/aromatic N) is 7. The second-order valence-electron chi connectivity index (χ2n) is 23.1. The number of carbonyl (C=O) groups excluding carboxylic acids is 3. The number of ether oxygens (including phenoxy) is 1. The van der Waals surface area contributed by atoms with Gasteiger partial charge in [-0.25, -0.2) is 55.2 Å². The summed E-state index contributed by atoms with van der Waals surface area (Å²) in [6.07, 6.45) is 13.0. The zero-order chi connectivity index (χ0) is 67.6. The van der Waals surface area contributed by atoms with Gasteiger partial charge in [0.15, 0.2) is 46.5 Å². The molecule has 24 nitrogen and oxygen atoms in total. The third-order valence-corrected chi connectivity index (χ3v) is 22.2. The normalized spacial score (nSPS) is 13.7. The predicted octanol–water partition coefficient (Wildman–Crippen LogP) is 9.41. The van der Waals surface area contributed by atoms with Crippen LogP contribution in [0.25, 0.3) is 67.3 Å². The minimum Gasteiger partial charge on any atom is -0.387 e. The van der Waals surface area contributed by atoms with Gasteiger partial charge in [0.1, 0.15) is 16.6 Å². The number of aromatic nitrogens is 10. The number of carbonyl (C=O) groups is 3. The number of aliphatic hydroxyl groups is 1. The molecule has 8 heterocycles. The highest BCUT2D eigenvalue weighted by Gasteiger charge is 2.25. The summed E-state index contributed by atoms with van der Waals surface area (Å²) in [5.74, 6) is -0.875. The van der Waals surface area contributed by atoms with Crippen LogP contribution in [-0.4, -0.2) is 146 Å². The molecule has 0 bridgehead atoms. The van der Waals surface area contributed by atoms with E-state index in [-0.39, 0.29) is 46.5 Å². The summed E-state index contributed by atoms with van der Waals surface area (Å²) < 4.78 is 79.5. The third-order valence-electron chi connectivity index (χ3n) is 15.7. The molecule has 1 aliphatic heterocycles. The number of H-pyrrole nitrogens is 3. The molecule has 7 N–H and O–H groups in total. The van der Waals surface area contributed by atoms with E-state index in [1.807, 2.05) is 36.4 Å². The Morgan fingerprint density at radius 3 is 1.31 bits per heavy atom. The molecule has 4 aromatic carbocycles. The van der Waals surface area contributed by atoms with E-state index in [9.17, 15) is 44.7 Å². The molecule has 1 fully saturated rings. The topological polar surface area (TPSA) is 357 Å². The maximum absolute atomic E-state index is 12.7. The molecule has 12 rings (SSSR count). The number of hydrogen-bond donors (Lipinski definition) is 7. The molecule has 0 radical (unpaired) electrons. The van der Waals surface area contributed by atoms with Crippen molar-refractivity contribution in [3.8, 4) is 33.8 Å². The summed E-state index contributed by atoms with van der Waals surface area (Å²) in [7, 11) is -10.1. The highest BCUT2D eigenvalue weighted by molar-refractivity contribution is 7.92. The standard InChI is InChI=1S/C24H24N4O4S.C23H23N5O3S.C21H24N4O4S.H2/c1-15(2)33(31,32)18-10-8-16(9-11-18)20-13-26-23-22(28-20)19(12-25-23)24(30)27-14-21(29)17-6-4-3-5-7-17;1-15(2)32(30,31)18-8-6-16(7-9-18)20-14-27-22-21(28-20)19(13-26-22)23(29)25-12-10-17-5-3-4-11-24-17;1-13(2)30(27,28)16-7-5-14(6-8-16)18-12-23-20-19(25-18)17(11-22-20)21(26)24-10-15-4-3-9-29-15;/h3-13,15,21,29H,14H2,1-2H3,(H,25,26)(H,27,30);3-9,11,13-15H,10,12H2,1-2H3,(H,25,29)(H,26,27);5-8,11-13,15H,3-4,9-10H2,1-2H3,(H,22,23)(H,24,26);1H/t21-;;;/m0.../s1. The average molecular weight is 1340 g/mol. The zero-order valence-corrected chi connectivity index (χ0v) is 55.3. The molecule has 1 aliphatic rings. The van der Waals surface area contributed by atoms with Gasteiger partial charge < -0.3 is 40.7 Å². The van der Waals surface area contributed by atoms with Gasteiger partial charge >= 0.3 is 0 Å². The monoisotopic (exact) mass is 1340 g/mol. The Kier molecular flexibility index (Phi) is 21.1. The Morgan fingerprint density at radius 2 is 0.926 bits per heavy atom. The van der Waals surface area contributed by atoms with Crippen molar-refractivity contribution >= 4 is 80.7 Å². The Bertz CT molecular complexity index is 4880. The van der Waals surface area contributed by atoms with E-state index in [1.165, 1.54) is 6.20 Å². The summed E-state index contributed by atoms with van der Waals surface area (Å²) in [6.45, 7) is 11.6. The fourth-order valence-corrected chi connectivity index (χ4v) is 13.2. The summed E-state index contributed by atoms with van der Waals surface area (Å²) >= 11 is 0. The summed E-state index contributed by atoms with van der Waals surface area (Å²) in [6, 6.07) is 34.3. The van der Waals surface area contributed by atoms with E-state index in [4.69, 9.17) is 4.74 Å². The van der Waals surface area contributed by atoms with Gasteiger partial charge in [-0.3, -0.25) is 19.4 Å². The highest BCUT2D eigenvalue weighted by atomic mass is 32.2. The van der Waals surface area contributed by atoms with Crippen molar-refractivity contribution in [1.29, 1.82) is 0 Å². The number of nitrogens with one attached hydrogen (secondary N) is 6. The lowest BCUT2D eigenvalue weighted by Crippen LogP contribution is -2.31. The number of aliphatic hydroxyl groups excluding tert-OH is 1. The minimum atomic E-state index is -3.37. The first-order chi connectivity index (χ1) is 45.5. The molecule has 0 saturated carbocycles. The smallest absolute Gasteiger partial charge is 0.255 e. The van der Waals surface area contributed by atoms with Crippen LogP contribution in [0.2, 0.25) is 0 Å². The van der Waals surface area contributed by atoms with E-state index in [0.717, 1.165) is 30.7 Å². The Hall–Kier alpha value is -9.93. The minimum absolute atomic E-state index is 0. The lowest BCUT2D eigenvalue weighted by atomic mass is 10.1. The van der Waals surface area contributed by atoms with E-state index >= 15 is 0 Å². The summed E-state index contributed by atoms with van der Waals surface area (Å²) in [4.78, 5) is 78.8. The van der Waals surface area contributed by atoms with E-state index in [2.05, 4.69) is 65.8 Å². The largest absolute Gasteiger partial charge is 0.387 e. The van der Waals surface area contributed by atoms with Gasteiger partial charge in [-0.1, -0.05) is 72.8 Å². The van der Waals surface area contributed by atoms with Crippen molar-refractivity contribution in [2.24, 2.45) is 0 Å². The van der Waals surface area contributed by atoms with Crippen LogP contribution in [0.1, 0.15) is 104 Å². The Morgan fingerprint density at radius 1 is 0.526 bits per heavy atom. The number of benzene rings is 4. The Labute approximate surface area is 550 Å². The molecule has 7 aromatic heterocycles. The van der Waals surface area contributed by atoms with Gasteiger partial charge in [0, 0.05) is 81.3 Å². The van der Waals surface area contributed by atoms with Gasteiger partial charge in [0.25, 0.3) is 17.7 Å². The van der Waals surface area contributed by atoms with Gasteiger partial charge in [-0.2, -0.15) is 0 Å². The van der Waals surface area contributed by atoms with Crippen LogP contribution in [0.4, 0.5) is 0 Å². The highest BCUT2D eigenvalue weighted by Crippen LogP contribution is 2.28. The van der Waals surface area contributed by atoms with Crippen molar-refractivity contribution in [2.45, 2.75) is 103 Å². The third kappa shape index (κ3) is 15.8. The van der Waals surface area contributed by atoms with Crippen molar-refractivity contribution in [1.82, 2.24) is 65.8 Å². The maximum atomic E-state index is 12.7. The van der Waals surface area contributed by atoms with Crippen LogP contribution in [-0.2, 0) is 40.7 Å². The second kappa shape index (κ2) is 29.6. The molecule has 1 unspecified atom stereocenters. The first-order valence-electron chi connectivity index (χ1n) is 30.6. The molecular formula is C68H73N13O11S3. The molecule has 0 spiro atoms. The molecule has 95 heavy (non-hydrogen) atoms. The van der Waals surface area contributed by atoms with Crippen molar-refractivity contribution in [2.75, 3.05) is 26.2 Å². The van der Waals surface area contributed by atoms with Crippen molar-refractivity contribution in [3.63, 3.8) is 0 Å². The number of pyridine rings is 1. The van der Waals surface area contributed by atoms with Gasteiger partial charge in [-0.15, -0.1) is 0 Å². The van der Waals surface area contributed by atoms with E-state index in [0.29, 0.717) is 103 Å². The van der Waals surface area contributed by atoms with Gasteiger partial charge in [0.2, 0.25) is 0 Å². The van der Waals surface area contributed by atoms with Crippen LogP contribution in [0.5, 0.6) is 0 Å². The fourth-order valence-electron chi connectivity index (χ4n) is 10.0. The number of aromatic amines is 3. The Balaban J connectivity index is 0.000000168. The molecule has 0 aliphatic carbocycles. The van der Waals surface area contributed by atoms with Gasteiger partial charge in [0.05, 0.1) is 95.0 Å². The SMILES string of the molecule is CC(C)S(=O)(=O)c1ccc(-c2cnc3[nH]cc(C(=O)NCC4CCCO4)c3n2)cc1.CC(C)S(=O)(=O)c1ccc(-c2cnc3[nH]cc(C(=O)NCCc4ccccn4)c3n2)cc1.CC(C)S(=O)(=O)c1ccc(-c2cnc3[nH]cc(C(=O)NC[C@H](O)c4ccccc4)c3n2)cc1.[HH]. The lowest BCUT2D eigenvalue weighted by Gasteiger charge is -2.12. The van der Waals surface area contributed by atoms with Gasteiger partial charge in [-0.05, 0) is 108 Å². The number of hydrogen-bond acceptors (Lipinski definition) is 18. The number of sulfone groups is 3. The zero-order valence-electron chi connectivity index (χ0n) is 52.8. The van der Waals surface area contributed by atoms with Crippen molar-refractivity contribution < 1.29 is 50.9 Å². The molecule has 3 amide bonds. The number of fused-ring (bicyclic) bond motifs is 3. The van der Waals surface area contributed by atoms with Crippen LogP contribution >= 0.6 is 0 Å². The van der Waals surface area contributed by atoms with Crippen LogP contribution in [0, 0.1) is 0 Å². The predicted molar refractivity (Wildman–Crippen MR) is 362 cm³/mol. The first kappa shape index (κ1) is 67.9. The lowest BCUT2D eigenvalue weighted by molar-refractivity contribution is 0.0858. The van der Waals surface area contributed by atoms with E-state index in [1.54, 1.807) is 164 Å². The number of rotatable bonds is 20. The number of amides is 3. The first-order valence-corrected chi connectivity index (χ1v) is 35.3.